The first-order valence-electron chi connectivity index (χ1n) is 3.91. The molecule has 0 bridgehead atoms. The Morgan fingerprint density at radius 1 is 1.50 bits per heavy atom. The van der Waals surface area contributed by atoms with Gasteiger partial charge in [-0.1, -0.05) is 11.8 Å². The highest BCUT2D eigenvalue weighted by molar-refractivity contribution is 8.14. The third-order valence-corrected chi connectivity index (χ3v) is 4.80. The van der Waals surface area contributed by atoms with Gasteiger partial charge in [0.1, 0.15) is 0 Å². The summed E-state index contributed by atoms with van der Waals surface area (Å²) in [7, 11) is -2.28. The van der Waals surface area contributed by atoms with Crippen LogP contribution in [0.25, 0.3) is 0 Å². The summed E-state index contributed by atoms with van der Waals surface area (Å²) >= 11 is 1.33. The van der Waals surface area contributed by atoms with Crippen molar-refractivity contribution in [2.75, 3.05) is 11.5 Å². The lowest BCUT2D eigenvalue weighted by Crippen LogP contribution is -2.24. The Balaban J connectivity index is 2.41. The van der Waals surface area contributed by atoms with E-state index in [1.54, 1.807) is 6.92 Å². The van der Waals surface area contributed by atoms with Crippen molar-refractivity contribution >= 4 is 26.6 Å². The summed E-state index contributed by atoms with van der Waals surface area (Å²) in [6.07, 6.45) is 1.51. The molecule has 3 nitrogen and oxygen atoms in total. The van der Waals surface area contributed by atoms with E-state index < -0.39 is 9.73 Å². The molecule has 0 aromatic rings. The number of thioether (sulfide) groups is 1. The Morgan fingerprint density at radius 2 is 2.00 bits per heavy atom. The standard InChI is InChI=1S/C7H13NO2S2/c1-6(9)11-7-2-4-12(8,10)5-3-7/h7-8H,2-5H2,1H3/t7-,12-. The molecule has 1 aliphatic rings. The maximum Gasteiger partial charge on any atom is 0.186 e. The lowest BCUT2D eigenvalue weighted by Gasteiger charge is -2.21. The quantitative estimate of drug-likeness (QED) is 0.708. The Morgan fingerprint density at radius 3 is 2.42 bits per heavy atom. The van der Waals surface area contributed by atoms with E-state index in [2.05, 4.69) is 0 Å². The molecule has 1 rings (SSSR count). The maximum absolute atomic E-state index is 11.2. The van der Waals surface area contributed by atoms with Gasteiger partial charge in [-0.25, -0.2) is 4.21 Å². The average Bonchev–Trinajstić information content (AvgIpc) is 1.93. The molecule has 0 radical (unpaired) electrons. The van der Waals surface area contributed by atoms with Crippen LogP contribution in [0, 0.1) is 4.78 Å². The highest BCUT2D eigenvalue weighted by Crippen LogP contribution is 2.24. The predicted octanol–water partition coefficient (Wildman–Crippen LogP) is 1.48. The lowest BCUT2D eigenvalue weighted by atomic mass is 10.2. The van der Waals surface area contributed by atoms with Crippen molar-refractivity contribution in [3.05, 3.63) is 0 Å². The summed E-state index contributed by atoms with van der Waals surface area (Å²) < 4.78 is 18.5. The minimum absolute atomic E-state index is 0.123. The summed E-state index contributed by atoms with van der Waals surface area (Å²) in [4.78, 5) is 10.7. The molecule has 1 heterocycles. The van der Waals surface area contributed by atoms with E-state index in [1.807, 2.05) is 0 Å². The third-order valence-electron chi connectivity index (χ3n) is 1.87. The van der Waals surface area contributed by atoms with Crippen LogP contribution in [0.2, 0.25) is 0 Å². The fourth-order valence-corrected chi connectivity index (χ4v) is 4.02. The van der Waals surface area contributed by atoms with Crippen molar-refractivity contribution in [2.24, 2.45) is 0 Å². The van der Waals surface area contributed by atoms with E-state index in [4.69, 9.17) is 4.78 Å². The summed E-state index contributed by atoms with van der Waals surface area (Å²) in [5, 5.41) is 0.431. The summed E-state index contributed by atoms with van der Waals surface area (Å²) in [5.41, 5.74) is 0. The number of hydrogen-bond donors (Lipinski definition) is 1. The van der Waals surface area contributed by atoms with Crippen LogP contribution in [0.4, 0.5) is 0 Å². The molecule has 0 saturated carbocycles. The van der Waals surface area contributed by atoms with Crippen LogP contribution in [-0.4, -0.2) is 26.1 Å². The number of hydrogen-bond acceptors (Lipinski definition) is 4. The van der Waals surface area contributed by atoms with Crippen molar-refractivity contribution < 1.29 is 9.00 Å². The van der Waals surface area contributed by atoms with Gasteiger partial charge in [0, 0.05) is 33.4 Å². The molecule has 1 saturated heterocycles. The van der Waals surface area contributed by atoms with Crippen LogP contribution in [0.1, 0.15) is 19.8 Å². The monoisotopic (exact) mass is 207 g/mol. The van der Waals surface area contributed by atoms with Gasteiger partial charge in [0.2, 0.25) is 0 Å². The van der Waals surface area contributed by atoms with Crippen LogP contribution in [0.3, 0.4) is 0 Å². The van der Waals surface area contributed by atoms with E-state index in [0.29, 0.717) is 16.8 Å². The fourth-order valence-electron chi connectivity index (χ4n) is 1.24. The molecule has 1 aliphatic heterocycles. The molecule has 70 valence electrons. The topological polar surface area (TPSA) is 58.0 Å². The van der Waals surface area contributed by atoms with E-state index in [9.17, 15) is 9.00 Å². The Kier molecular flexibility index (Phi) is 3.17. The summed E-state index contributed by atoms with van der Waals surface area (Å²) in [5.74, 6) is 0.940. The highest BCUT2D eigenvalue weighted by atomic mass is 32.2. The van der Waals surface area contributed by atoms with E-state index in [1.165, 1.54) is 11.8 Å². The van der Waals surface area contributed by atoms with Gasteiger partial charge in [-0.3, -0.25) is 9.57 Å². The number of rotatable bonds is 1. The van der Waals surface area contributed by atoms with Gasteiger partial charge in [0.25, 0.3) is 0 Å². The smallest absolute Gasteiger partial charge is 0.186 e. The van der Waals surface area contributed by atoms with Crippen molar-refractivity contribution in [3.63, 3.8) is 0 Å². The van der Waals surface area contributed by atoms with E-state index >= 15 is 0 Å². The molecule has 0 aromatic heterocycles. The molecular weight excluding hydrogens is 194 g/mol. The first-order valence-corrected chi connectivity index (χ1v) is 6.68. The largest absolute Gasteiger partial charge is 0.288 e. The Labute approximate surface area is 77.3 Å². The van der Waals surface area contributed by atoms with Gasteiger partial charge >= 0.3 is 0 Å². The molecule has 5 heteroatoms. The maximum atomic E-state index is 11.2. The van der Waals surface area contributed by atoms with Gasteiger partial charge in [-0.15, -0.1) is 0 Å². The number of carbonyl (C=O) groups is 1. The van der Waals surface area contributed by atoms with Crippen LogP contribution in [0.5, 0.6) is 0 Å². The van der Waals surface area contributed by atoms with Gasteiger partial charge in [-0.2, -0.15) is 0 Å². The van der Waals surface area contributed by atoms with Crippen LogP contribution >= 0.6 is 11.8 Å². The average molecular weight is 207 g/mol. The Hall–Kier alpha value is -0.0300. The molecule has 0 aromatic carbocycles. The minimum atomic E-state index is -2.28. The fraction of sp³-hybridized carbons (Fsp3) is 0.857. The van der Waals surface area contributed by atoms with Gasteiger partial charge < -0.3 is 0 Å². The first kappa shape index (κ1) is 10.1. The lowest BCUT2D eigenvalue weighted by molar-refractivity contribution is -0.109. The van der Waals surface area contributed by atoms with Gasteiger partial charge in [0.15, 0.2) is 5.12 Å². The van der Waals surface area contributed by atoms with Crippen molar-refractivity contribution in [3.8, 4) is 0 Å². The summed E-state index contributed by atoms with van der Waals surface area (Å²) in [6, 6.07) is 0. The minimum Gasteiger partial charge on any atom is -0.288 e. The van der Waals surface area contributed by atoms with Crippen LogP contribution in [-0.2, 0) is 14.5 Å². The zero-order chi connectivity index (χ0) is 9.19. The number of nitrogens with one attached hydrogen (secondary N) is 1. The molecule has 1 N–H and O–H groups in total. The zero-order valence-electron chi connectivity index (χ0n) is 7.04. The second kappa shape index (κ2) is 3.79. The molecular formula is C7H13NO2S2. The van der Waals surface area contributed by atoms with E-state index in [-0.39, 0.29) is 5.12 Å². The Bertz CT molecular complexity index is 257. The van der Waals surface area contributed by atoms with E-state index in [0.717, 1.165) is 12.8 Å². The predicted molar refractivity (Wildman–Crippen MR) is 51.9 cm³/mol. The first-order chi connectivity index (χ1) is 5.49. The summed E-state index contributed by atoms with van der Waals surface area (Å²) in [6.45, 7) is 1.55. The SMILES string of the molecule is CC(=O)S[C@H]1CC[S@](=N)(=O)CC1. The van der Waals surface area contributed by atoms with Crippen LogP contribution < -0.4 is 0 Å². The third kappa shape index (κ3) is 3.15. The second-order valence-electron chi connectivity index (χ2n) is 3.03. The van der Waals surface area contributed by atoms with Crippen molar-refractivity contribution in [2.45, 2.75) is 25.0 Å². The van der Waals surface area contributed by atoms with Crippen LogP contribution in [0.15, 0.2) is 0 Å². The normalized spacial score (nSPS) is 36.2. The van der Waals surface area contributed by atoms with Gasteiger partial charge in [-0.05, 0) is 12.8 Å². The molecule has 0 atom stereocenters. The van der Waals surface area contributed by atoms with Gasteiger partial charge in [0.05, 0.1) is 0 Å². The molecule has 0 spiro atoms. The second-order valence-corrected chi connectivity index (χ2v) is 6.95. The highest BCUT2D eigenvalue weighted by Gasteiger charge is 2.22. The molecule has 12 heavy (non-hydrogen) atoms. The van der Waals surface area contributed by atoms with Crippen molar-refractivity contribution in [1.29, 1.82) is 4.78 Å². The molecule has 0 unspecified atom stereocenters. The molecule has 1 fully saturated rings. The van der Waals surface area contributed by atoms with Crippen molar-refractivity contribution in [1.82, 2.24) is 0 Å². The molecule has 0 aliphatic carbocycles. The number of carbonyl (C=O) groups excluding carboxylic acids is 1. The zero-order valence-corrected chi connectivity index (χ0v) is 8.67. The molecule has 0 amide bonds.